The molecule has 6 nitrogen and oxygen atoms in total. The van der Waals surface area contributed by atoms with Crippen molar-refractivity contribution in [2.75, 3.05) is 24.7 Å². The number of aromatic nitrogens is 2. The van der Waals surface area contributed by atoms with Gasteiger partial charge < -0.3 is 19.4 Å². The molecule has 0 aliphatic carbocycles. The van der Waals surface area contributed by atoms with Gasteiger partial charge in [0.15, 0.2) is 0 Å². The average molecular weight is 364 g/mol. The largest absolute Gasteiger partial charge is 0.377 e. The van der Waals surface area contributed by atoms with Gasteiger partial charge in [0.2, 0.25) is 0 Å². The maximum absolute atomic E-state index is 12.5. The highest BCUT2D eigenvalue weighted by Crippen LogP contribution is 2.22. The molecule has 0 radical (unpaired) electrons. The third-order valence-electron chi connectivity index (χ3n) is 5.04. The number of amides is 1. The quantitative estimate of drug-likeness (QED) is 0.773. The zero-order valence-corrected chi connectivity index (χ0v) is 15.6. The van der Waals surface area contributed by atoms with E-state index in [-0.39, 0.29) is 11.9 Å². The maximum Gasteiger partial charge on any atom is 0.271 e. The van der Waals surface area contributed by atoms with E-state index >= 15 is 0 Å². The maximum atomic E-state index is 12.5. The molecule has 2 aromatic heterocycles. The van der Waals surface area contributed by atoms with Gasteiger partial charge >= 0.3 is 0 Å². The Bertz CT molecular complexity index is 902. The SMILES string of the molecule is CC(NC(=O)c1cn2ccccc2n1)c1ccc(N2CCOC[C@@H]2C)cc1. The van der Waals surface area contributed by atoms with Crippen LogP contribution in [0, 0.1) is 0 Å². The van der Waals surface area contributed by atoms with Gasteiger partial charge in [0.1, 0.15) is 11.3 Å². The Labute approximate surface area is 158 Å². The molecule has 1 fully saturated rings. The van der Waals surface area contributed by atoms with E-state index in [4.69, 9.17) is 4.74 Å². The highest BCUT2D eigenvalue weighted by molar-refractivity contribution is 5.93. The van der Waals surface area contributed by atoms with Crippen LogP contribution in [0.2, 0.25) is 0 Å². The summed E-state index contributed by atoms with van der Waals surface area (Å²) in [6.45, 7) is 6.58. The normalized spacial score (nSPS) is 18.4. The van der Waals surface area contributed by atoms with Crippen molar-refractivity contribution in [3.05, 3.63) is 66.1 Å². The number of carbonyl (C=O) groups is 1. The van der Waals surface area contributed by atoms with Crippen LogP contribution < -0.4 is 10.2 Å². The third kappa shape index (κ3) is 3.66. The summed E-state index contributed by atoms with van der Waals surface area (Å²) in [6, 6.07) is 14.4. The lowest BCUT2D eigenvalue weighted by Gasteiger charge is -2.35. The lowest BCUT2D eigenvalue weighted by molar-refractivity contribution is 0.0935. The number of benzene rings is 1. The van der Waals surface area contributed by atoms with Gasteiger partial charge in [-0.05, 0) is 43.7 Å². The van der Waals surface area contributed by atoms with E-state index in [0.29, 0.717) is 11.7 Å². The van der Waals surface area contributed by atoms with E-state index in [1.54, 1.807) is 6.20 Å². The number of hydrogen-bond donors (Lipinski definition) is 1. The fourth-order valence-electron chi connectivity index (χ4n) is 3.46. The highest BCUT2D eigenvalue weighted by atomic mass is 16.5. The van der Waals surface area contributed by atoms with E-state index in [9.17, 15) is 4.79 Å². The fraction of sp³-hybridized carbons (Fsp3) is 0.333. The first-order valence-corrected chi connectivity index (χ1v) is 9.31. The van der Waals surface area contributed by atoms with E-state index in [0.717, 1.165) is 31.0 Å². The Hall–Kier alpha value is -2.86. The molecule has 1 amide bonds. The van der Waals surface area contributed by atoms with Crippen LogP contribution in [0.1, 0.15) is 35.9 Å². The molecular weight excluding hydrogens is 340 g/mol. The number of fused-ring (bicyclic) bond motifs is 1. The first-order valence-electron chi connectivity index (χ1n) is 9.31. The number of carbonyl (C=O) groups excluding carboxylic acids is 1. The Balaban J connectivity index is 1.44. The second kappa shape index (κ2) is 7.40. The molecule has 0 spiro atoms. The summed E-state index contributed by atoms with van der Waals surface area (Å²) in [4.78, 5) is 19.3. The standard InChI is InChI=1S/C21H24N4O2/c1-15-14-27-12-11-25(15)18-8-6-17(7-9-18)16(2)22-21(26)19-13-24-10-4-3-5-20(24)23-19/h3-10,13,15-16H,11-12,14H2,1-2H3,(H,22,26)/t15-,16?/m0/s1. The van der Waals surface area contributed by atoms with Crippen LogP contribution in [-0.2, 0) is 4.74 Å². The minimum Gasteiger partial charge on any atom is -0.377 e. The van der Waals surface area contributed by atoms with Crippen LogP contribution in [0.5, 0.6) is 0 Å². The van der Waals surface area contributed by atoms with Gasteiger partial charge in [0.05, 0.1) is 19.3 Å². The summed E-state index contributed by atoms with van der Waals surface area (Å²) in [5.41, 5.74) is 3.44. The predicted molar refractivity (Wildman–Crippen MR) is 105 cm³/mol. The van der Waals surface area contributed by atoms with Gasteiger partial charge in [-0.15, -0.1) is 0 Å². The van der Waals surface area contributed by atoms with Crippen molar-refractivity contribution in [1.29, 1.82) is 0 Å². The first-order chi connectivity index (χ1) is 13.1. The van der Waals surface area contributed by atoms with Crippen LogP contribution in [0.25, 0.3) is 5.65 Å². The van der Waals surface area contributed by atoms with Crippen LogP contribution in [-0.4, -0.2) is 41.1 Å². The van der Waals surface area contributed by atoms with Crippen LogP contribution >= 0.6 is 0 Å². The molecule has 6 heteroatoms. The number of morpholine rings is 1. The van der Waals surface area contributed by atoms with Crippen molar-refractivity contribution in [2.24, 2.45) is 0 Å². The number of nitrogens with zero attached hydrogens (tertiary/aromatic N) is 3. The number of pyridine rings is 1. The number of ether oxygens (including phenoxy) is 1. The van der Waals surface area contributed by atoms with Gasteiger partial charge in [0, 0.05) is 30.7 Å². The van der Waals surface area contributed by atoms with Crippen molar-refractivity contribution in [1.82, 2.24) is 14.7 Å². The van der Waals surface area contributed by atoms with Gasteiger partial charge in [-0.1, -0.05) is 18.2 Å². The van der Waals surface area contributed by atoms with Crippen molar-refractivity contribution < 1.29 is 9.53 Å². The topological polar surface area (TPSA) is 58.9 Å². The molecule has 140 valence electrons. The molecule has 1 N–H and O–H groups in total. The molecule has 27 heavy (non-hydrogen) atoms. The highest BCUT2D eigenvalue weighted by Gasteiger charge is 2.19. The number of hydrogen-bond acceptors (Lipinski definition) is 4. The molecule has 3 heterocycles. The number of imidazole rings is 1. The third-order valence-corrected chi connectivity index (χ3v) is 5.04. The van der Waals surface area contributed by atoms with E-state index < -0.39 is 0 Å². The molecule has 4 rings (SSSR count). The first kappa shape index (κ1) is 17.5. The lowest BCUT2D eigenvalue weighted by atomic mass is 10.1. The molecule has 2 atom stereocenters. The Morgan fingerprint density at radius 3 is 2.81 bits per heavy atom. The van der Waals surface area contributed by atoms with Crippen LogP contribution in [0.15, 0.2) is 54.9 Å². The smallest absolute Gasteiger partial charge is 0.271 e. The van der Waals surface area contributed by atoms with Crippen molar-refractivity contribution in [3.63, 3.8) is 0 Å². The van der Waals surface area contributed by atoms with E-state index in [2.05, 4.69) is 46.4 Å². The molecular formula is C21H24N4O2. The van der Waals surface area contributed by atoms with Crippen molar-refractivity contribution >= 4 is 17.2 Å². The molecule has 0 saturated carbocycles. The summed E-state index contributed by atoms with van der Waals surface area (Å²) >= 11 is 0. The van der Waals surface area contributed by atoms with Gasteiger partial charge in [-0.2, -0.15) is 0 Å². The molecule has 1 aliphatic heterocycles. The molecule has 0 bridgehead atoms. The van der Waals surface area contributed by atoms with Gasteiger partial charge in [-0.25, -0.2) is 4.98 Å². The second-order valence-electron chi connectivity index (χ2n) is 7.00. The average Bonchev–Trinajstić information content (AvgIpc) is 3.13. The van der Waals surface area contributed by atoms with Crippen molar-refractivity contribution in [2.45, 2.75) is 25.9 Å². The van der Waals surface area contributed by atoms with Crippen LogP contribution in [0.4, 0.5) is 5.69 Å². The molecule has 1 unspecified atom stereocenters. The monoisotopic (exact) mass is 364 g/mol. The van der Waals surface area contributed by atoms with Gasteiger partial charge in [-0.3, -0.25) is 4.79 Å². The van der Waals surface area contributed by atoms with Crippen molar-refractivity contribution in [3.8, 4) is 0 Å². The van der Waals surface area contributed by atoms with Crippen LogP contribution in [0.3, 0.4) is 0 Å². The zero-order valence-electron chi connectivity index (χ0n) is 15.6. The lowest BCUT2D eigenvalue weighted by Crippen LogP contribution is -2.43. The Morgan fingerprint density at radius 2 is 2.07 bits per heavy atom. The molecule has 1 aliphatic rings. The number of rotatable bonds is 4. The van der Waals surface area contributed by atoms with E-state index in [1.807, 2.05) is 35.7 Å². The molecule has 1 saturated heterocycles. The minimum atomic E-state index is -0.169. The molecule has 3 aromatic rings. The predicted octanol–water partition coefficient (Wildman–Crippen LogP) is 3.05. The van der Waals surface area contributed by atoms with E-state index in [1.165, 1.54) is 5.69 Å². The minimum absolute atomic E-state index is 0.0986. The fourth-order valence-corrected chi connectivity index (χ4v) is 3.46. The Kier molecular flexibility index (Phi) is 4.81. The Morgan fingerprint density at radius 1 is 1.26 bits per heavy atom. The summed E-state index contributed by atoms with van der Waals surface area (Å²) < 4.78 is 7.35. The number of nitrogens with one attached hydrogen (secondary N) is 1. The summed E-state index contributed by atoms with van der Waals surface area (Å²) in [7, 11) is 0. The summed E-state index contributed by atoms with van der Waals surface area (Å²) in [6.07, 6.45) is 3.63. The summed E-state index contributed by atoms with van der Waals surface area (Å²) in [5, 5.41) is 3.03. The second-order valence-corrected chi connectivity index (χ2v) is 7.00. The summed E-state index contributed by atoms with van der Waals surface area (Å²) in [5.74, 6) is -0.169. The zero-order chi connectivity index (χ0) is 18.8. The molecule has 1 aromatic carbocycles. The number of anilines is 1. The van der Waals surface area contributed by atoms with Gasteiger partial charge in [0.25, 0.3) is 5.91 Å².